The molecule has 3 heteroatoms. The molecular formula is C27H53NO2. The van der Waals surface area contributed by atoms with Gasteiger partial charge in [0.1, 0.15) is 6.10 Å². The number of carbonyl (C=O) groups is 1. The van der Waals surface area contributed by atoms with Crippen LogP contribution in [0.4, 0.5) is 0 Å². The van der Waals surface area contributed by atoms with E-state index in [0.717, 1.165) is 31.8 Å². The summed E-state index contributed by atoms with van der Waals surface area (Å²) in [6, 6.07) is 0. The van der Waals surface area contributed by atoms with E-state index >= 15 is 0 Å². The lowest BCUT2D eigenvalue weighted by Gasteiger charge is -2.27. The van der Waals surface area contributed by atoms with Crippen molar-refractivity contribution in [1.29, 1.82) is 0 Å². The molecule has 0 N–H and O–H groups in total. The van der Waals surface area contributed by atoms with Crippen LogP contribution in [-0.4, -0.2) is 36.6 Å². The smallest absolute Gasteiger partial charge is 0.320 e. The van der Waals surface area contributed by atoms with Crippen LogP contribution < -0.4 is 0 Å². The Morgan fingerprint density at radius 2 is 1.13 bits per heavy atom. The Bertz CT molecular complexity index is 372. The van der Waals surface area contributed by atoms with Gasteiger partial charge in [-0.2, -0.15) is 0 Å². The van der Waals surface area contributed by atoms with Crippen LogP contribution in [0.25, 0.3) is 0 Å². The molecule has 0 aromatic rings. The largest absolute Gasteiger partial charge is 0.461 e. The highest BCUT2D eigenvalue weighted by Crippen LogP contribution is 2.25. The molecule has 1 aliphatic carbocycles. The predicted octanol–water partition coefficient (Wildman–Crippen LogP) is 7.91. The third kappa shape index (κ3) is 15.3. The van der Waals surface area contributed by atoms with Gasteiger partial charge < -0.3 is 4.74 Å². The van der Waals surface area contributed by atoms with Crippen LogP contribution in [0.1, 0.15) is 136 Å². The van der Waals surface area contributed by atoms with Gasteiger partial charge in [0.2, 0.25) is 0 Å². The number of rotatable bonds is 19. The summed E-state index contributed by atoms with van der Waals surface area (Å²) in [4.78, 5) is 14.9. The van der Waals surface area contributed by atoms with Gasteiger partial charge in [-0.3, -0.25) is 9.69 Å². The van der Waals surface area contributed by atoms with Gasteiger partial charge >= 0.3 is 5.97 Å². The van der Waals surface area contributed by atoms with E-state index < -0.39 is 0 Å². The average Bonchev–Trinajstić information content (AvgIpc) is 2.73. The van der Waals surface area contributed by atoms with Crippen molar-refractivity contribution >= 4 is 5.97 Å². The van der Waals surface area contributed by atoms with Crippen LogP contribution in [0.5, 0.6) is 0 Å². The second-order valence-electron chi connectivity index (χ2n) is 9.89. The van der Waals surface area contributed by atoms with Gasteiger partial charge in [-0.05, 0) is 57.5 Å². The fourth-order valence-electron chi connectivity index (χ4n) is 4.61. The molecule has 0 atom stereocenters. The van der Waals surface area contributed by atoms with Gasteiger partial charge in [-0.25, -0.2) is 0 Å². The van der Waals surface area contributed by atoms with Crippen LogP contribution in [0.15, 0.2) is 0 Å². The van der Waals surface area contributed by atoms with E-state index in [0.29, 0.717) is 6.54 Å². The molecule has 1 fully saturated rings. The predicted molar refractivity (Wildman–Crippen MR) is 130 cm³/mol. The molecule has 0 radical (unpaired) electrons. The molecule has 0 aromatic heterocycles. The summed E-state index contributed by atoms with van der Waals surface area (Å²) in [5, 5.41) is 0. The van der Waals surface area contributed by atoms with E-state index in [1.807, 2.05) is 0 Å². The highest BCUT2D eigenvalue weighted by molar-refractivity contribution is 5.71. The zero-order chi connectivity index (χ0) is 21.9. The number of hydrogen-bond donors (Lipinski definition) is 0. The van der Waals surface area contributed by atoms with Crippen molar-refractivity contribution < 1.29 is 9.53 Å². The minimum Gasteiger partial charge on any atom is -0.461 e. The first-order chi connectivity index (χ1) is 14.7. The molecule has 0 unspecified atom stereocenters. The van der Waals surface area contributed by atoms with E-state index in [1.165, 1.54) is 103 Å². The van der Waals surface area contributed by atoms with E-state index in [-0.39, 0.29) is 12.1 Å². The van der Waals surface area contributed by atoms with Crippen molar-refractivity contribution in [2.45, 2.75) is 142 Å². The highest BCUT2D eigenvalue weighted by atomic mass is 16.5. The van der Waals surface area contributed by atoms with E-state index in [1.54, 1.807) is 0 Å². The zero-order valence-corrected chi connectivity index (χ0v) is 20.8. The Labute approximate surface area is 188 Å². The van der Waals surface area contributed by atoms with Gasteiger partial charge in [0.05, 0.1) is 6.54 Å². The highest BCUT2D eigenvalue weighted by Gasteiger charge is 2.22. The molecule has 0 saturated heterocycles. The first kappa shape index (κ1) is 27.5. The van der Waals surface area contributed by atoms with Crippen molar-refractivity contribution in [3.8, 4) is 0 Å². The van der Waals surface area contributed by atoms with Crippen LogP contribution in [0.3, 0.4) is 0 Å². The van der Waals surface area contributed by atoms with E-state index in [2.05, 4.69) is 25.7 Å². The Morgan fingerprint density at radius 1 is 0.700 bits per heavy atom. The normalized spacial score (nSPS) is 19.3. The van der Waals surface area contributed by atoms with Crippen LogP contribution in [0.2, 0.25) is 0 Å². The second kappa shape index (κ2) is 19.1. The van der Waals surface area contributed by atoms with Crippen LogP contribution in [-0.2, 0) is 9.53 Å². The standard InChI is InChI=1S/C27H53NO2/c1-4-6-8-10-12-14-16-22-28(23-17-15-13-11-9-7-5-2)24-27(29)30-26-20-18-25(3)19-21-26/h25-26H,4-24H2,1-3H3. The van der Waals surface area contributed by atoms with Gasteiger partial charge in [-0.1, -0.05) is 97.8 Å². The Hall–Kier alpha value is -0.570. The molecule has 0 aromatic carbocycles. The fourth-order valence-corrected chi connectivity index (χ4v) is 4.61. The number of nitrogens with zero attached hydrogens (tertiary/aromatic N) is 1. The molecular weight excluding hydrogens is 370 g/mol. The van der Waals surface area contributed by atoms with Crippen LogP contribution in [0, 0.1) is 5.92 Å². The molecule has 1 saturated carbocycles. The van der Waals surface area contributed by atoms with Gasteiger partial charge in [0, 0.05) is 0 Å². The van der Waals surface area contributed by atoms with Crippen LogP contribution >= 0.6 is 0 Å². The molecule has 0 amide bonds. The summed E-state index contributed by atoms with van der Waals surface area (Å²) < 4.78 is 5.83. The van der Waals surface area contributed by atoms with Gasteiger partial charge in [0.15, 0.2) is 0 Å². The molecule has 3 nitrogen and oxygen atoms in total. The summed E-state index contributed by atoms with van der Waals surface area (Å²) >= 11 is 0. The number of hydrogen-bond acceptors (Lipinski definition) is 3. The number of unbranched alkanes of at least 4 members (excludes halogenated alkanes) is 12. The van der Waals surface area contributed by atoms with Crippen molar-refractivity contribution in [3.63, 3.8) is 0 Å². The van der Waals surface area contributed by atoms with E-state index in [9.17, 15) is 4.79 Å². The molecule has 0 heterocycles. The number of ether oxygens (including phenoxy) is 1. The lowest BCUT2D eigenvalue weighted by Crippen LogP contribution is -2.35. The van der Waals surface area contributed by atoms with Crippen molar-refractivity contribution in [2.75, 3.05) is 19.6 Å². The molecule has 178 valence electrons. The Kier molecular flexibility index (Phi) is 17.5. The van der Waals surface area contributed by atoms with Crippen molar-refractivity contribution in [2.24, 2.45) is 5.92 Å². The summed E-state index contributed by atoms with van der Waals surface area (Å²) in [6.45, 7) is 9.46. The molecule has 0 aliphatic heterocycles. The lowest BCUT2D eigenvalue weighted by molar-refractivity contribution is -0.152. The molecule has 0 spiro atoms. The maximum Gasteiger partial charge on any atom is 0.320 e. The quantitative estimate of drug-likeness (QED) is 0.156. The summed E-state index contributed by atoms with van der Waals surface area (Å²) in [5.74, 6) is 0.812. The summed E-state index contributed by atoms with van der Waals surface area (Å²) in [7, 11) is 0. The summed E-state index contributed by atoms with van der Waals surface area (Å²) in [5.41, 5.74) is 0. The lowest BCUT2D eigenvalue weighted by atomic mass is 9.89. The average molecular weight is 424 g/mol. The number of carbonyl (C=O) groups excluding carboxylic acids is 1. The molecule has 0 bridgehead atoms. The van der Waals surface area contributed by atoms with Crippen molar-refractivity contribution in [1.82, 2.24) is 4.90 Å². The second-order valence-corrected chi connectivity index (χ2v) is 9.89. The van der Waals surface area contributed by atoms with Gasteiger partial charge in [0.25, 0.3) is 0 Å². The molecule has 30 heavy (non-hydrogen) atoms. The topological polar surface area (TPSA) is 29.5 Å². The van der Waals surface area contributed by atoms with E-state index in [4.69, 9.17) is 4.74 Å². The Morgan fingerprint density at radius 3 is 1.60 bits per heavy atom. The SMILES string of the molecule is CCCCCCCCCN(CCCCCCCCC)CC(=O)OC1CCC(C)CC1. The maximum atomic E-state index is 12.6. The van der Waals surface area contributed by atoms with Gasteiger partial charge in [-0.15, -0.1) is 0 Å². The Balaban J connectivity index is 2.26. The molecule has 1 aliphatic rings. The minimum atomic E-state index is 0.0143. The maximum absolute atomic E-state index is 12.6. The third-order valence-electron chi connectivity index (χ3n) is 6.77. The van der Waals surface area contributed by atoms with Crippen molar-refractivity contribution in [3.05, 3.63) is 0 Å². The first-order valence-electron chi connectivity index (χ1n) is 13.6. The monoisotopic (exact) mass is 423 g/mol. The number of esters is 1. The third-order valence-corrected chi connectivity index (χ3v) is 6.77. The first-order valence-corrected chi connectivity index (χ1v) is 13.6. The fraction of sp³-hybridized carbons (Fsp3) is 0.963. The summed E-state index contributed by atoms with van der Waals surface area (Å²) in [6.07, 6.45) is 23.3. The minimum absolute atomic E-state index is 0.0143. The molecule has 1 rings (SSSR count). The zero-order valence-electron chi connectivity index (χ0n) is 20.8.